The highest BCUT2D eigenvalue weighted by molar-refractivity contribution is 5.15. The lowest BCUT2D eigenvalue weighted by Crippen LogP contribution is -2.52. The number of benzene rings is 1. The van der Waals surface area contributed by atoms with Crippen LogP contribution in [0.25, 0.3) is 0 Å². The Labute approximate surface area is 128 Å². The number of nitrogens with zero attached hydrogens (tertiary/aromatic N) is 2. The second-order valence-corrected chi connectivity index (χ2v) is 7.23. The third-order valence-electron chi connectivity index (χ3n) is 5.74. The van der Waals surface area contributed by atoms with Crippen molar-refractivity contribution in [1.29, 1.82) is 0 Å². The third-order valence-corrected chi connectivity index (χ3v) is 5.74. The summed E-state index contributed by atoms with van der Waals surface area (Å²) in [6.07, 6.45) is 6.56. The predicted octanol–water partition coefficient (Wildman–Crippen LogP) is 2.21. The van der Waals surface area contributed by atoms with E-state index < -0.39 is 0 Å². The minimum absolute atomic E-state index is 0.459. The number of piperidine rings is 1. The van der Waals surface area contributed by atoms with Crippen molar-refractivity contribution in [1.82, 2.24) is 9.80 Å². The Morgan fingerprint density at radius 3 is 2.38 bits per heavy atom. The van der Waals surface area contributed by atoms with Gasteiger partial charge in [-0.2, -0.15) is 0 Å². The Balaban J connectivity index is 1.38. The Morgan fingerprint density at radius 1 is 0.952 bits per heavy atom. The van der Waals surface area contributed by atoms with Crippen molar-refractivity contribution in [2.75, 3.05) is 13.1 Å². The SMILES string of the molecule is NC1CC2CCC(C1)N2C1CCN(Cc2ccccc2)C1. The summed E-state index contributed by atoms with van der Waals surface area (Å²) in [5.41, 5.74) is 7.65. The second-order valence-electron chi connectivity index (χ2n) is 7.23. The molecule has 0 radical (unpaired) electrons. The molecular weight excluding hydrogens is 258 g/mol. The average molecular weight is 285 g/mol. The van der Waals surface area contributed by atoms with Gasteiger partial charge in [-0.3, -0.25) is 9.80 Å². The van der Waals surface area contributed by atoms with Crippen LogP contribution in [0.1, 0.15) is 37.7 Å². The van der Waals surface area contributed by atoms with Gasteiger partial charge < -0.3 is 5.73 Å². The summed E-state index contributed by atoms with van der Waals surface area (Å²) in [4.78, 5) is 5.49. The Hall–Kier alpha value is -0.900. The van der Waals surface area contributed by atoms with E-state index in [1.165, 1.54) is 50.8 Å². The molecule has 0 aliphatic carbocycles. The zero-order valence-corrected chi connectivity index (χ0v) is 12.8. The van der Waals surface area contributed by atoms with E-state index in [4.69, 9.17) is 5.73 Å². The van der Waals surface area contributed by atoms with Gasteiger partial charge in [0.1, 0.15) is 0 Å². The molecule has 21 heavy (non-hydrogen) atoms. The maximum Gasteiger partial charge on any atom is 0.0241 e. The molecule has 1 aromatic carbocycles. The molecule has 0 saturated carbocycles. The minimum Gasteiger partial charge on any atom is -0.328 e. The van der Waals surface area contributed by atoms with E-state index in [1.54, 1.807) is 0 Å². The molecule has 3 heterocycles. The maximum atomic E-state index is 6.21. The van der Waals surface area contributed by atoms with Crippen molar-refractivity contribution in [2.24, 2.45) is 5.73 Å². The van der Waals surface area contributed by atoms with E-state index in [1.807, 2.05) is 0 Å². The lowest BCUT2D eigenvalue weighted by Gasteiger charge is -2.41. The molecule has 3 aliphatic rings. The first-order chi connectivity index (χ1) is 10.3. The number of hydrogen-bond donors (Lipinski definition) is 1. The van der Waals surface area contributed by atoms with Gasteiger partial charge in [0.05, 0.1) is 0 Å². The van der Waals surface area contributed by atoms with Crippen molar-refractivity contribution in [3.8, 4) is 0 Å². The number of likely N-dealkylation sites (tertiary alicyclic amines) is 1. The van der Waals surface area contributed by atoms with Crippen LogP contribution in [0.15, 0.2) is 30.3 Å². The quantitative estimate of drug-likeness (QED) is 0.924. The van der Waals surface area contributed by atoms with E-state index in [0.717, 1.165) is 24.7 Å². The molecular formula is C18H27N3. The first kappa shape index (κ1) is 13.7. The molecule has 3 aliphatic heterocycles. The van der Waals surface area contributed by atoms with Crippen LogP contribution >= 0.6 is 0 Å². The van der Waals surface area contributed by atoms with Crippen molar-refractivity contribution in [2.45, 2.75) is 62.8 Å². The molecule has 3 nitrogen and oxygen atoms in total. The lowest BCUT2D eigenvalue weighted by atomic mass is 9.96. The first-order valence-electron chi connectivity index (χ1n) is 8.59. The van der Waals surface area contributed by atoms with Crippen LogP contribution in [0, 0.1) is 0 Å². The average Bonchev–Trinajstić information content (AvgIpc) is 3.03. The standard InChI is InChI=1S/C18H27N3/c19-15-10-16-6-7-17(11-15)21(16)18-8-9-20(13-18)12-14-4-2-1-3-5-14/h1-5,15-18H,6-13,19H2. The van der Waals surface area contributed by atoms with Gasteiger partial charge in [-0.15, -0.1) is 0 Å². The summed E-state index contributed by atoms with van der Waals surface area (Å²) in [6, 6.07) is 13.7. The molecule has 3 saturated heterocycles. The Kier molecular flexibility index (Phi) is 3.74. The predicted molar refractivity (Wildman–Crippen MR) is 86.0 cm³/mol. The van der Waals surface area contributed by atoms with Crippen LogP contribution in [0.5, 0.6) is 0 Å². The summed E-state index contributed by atoms with van der Waals surface area (Å²) in [5, 5.41) is 0. The van der Waals surface area contributed by atoms with Gasteiger partial charge in [-0.05, 0) is 37.7 Å². The molecule has 3 fully saturated rings. The fourth-order valence-corrected chi connectivity index (χ4v) is 4.89. The molecule has 2 bridgehead atoms. The van der Waals surface area contributed by atoms with Gasteiger partial charge in [0, 0.05) is 43.8 Å². The van der Waals surface area contributed by atoms with E-state index in [9.17, 15) is 0 Å². The number of nitrogens with two attached hydrogens (primary N) is 1. The van der Waals surface area contributed by atoms with E-state index in [0.29, 0.717) is 6.04 Å². The fraction of sp³-hybridized carbons (Fsp3) is 0.667. The van der Waals surface area contributed by atoms with Crippen LogP contribution in [-0.2, 0) is 6.54 Å². The van der Waals surface area contributed by atoms with Gasteiger partial charge in [0.15, 0.2) is 0 Å². The highest BCUT2D eigenvalue weighted by Gasteiger charge is 2.44. The van der Waals surface area contributed by atoms with Gasteiger partial charge in [-0.25, -0.2) is 0 Å². The Bertz CT molecular complexity index is 461. The smallest absolute Gasteiger partial charge is 0.0241 e. The zero-order valence-electron chi connectivity index (χ0n) is 12.8. The highest BCUT2D eigenvalue weighted by atomic mass is 15.3. The first-order valence-corrected chi connectivity index (χ1v) is 8.59. The Morgan fingerprint density at radius 2 is 1.67 bits per heavy atom. The van der Waals surface area contributed by atoms with E-state index in [2.05, 4.69) is 40.1 Å². The largest absolute Gasteiger partial charge is 0.328 e. The molecule has 3 atom stereocenters. The minimum atomic E-state index is 0.459. The van der Waals surface area contributed by atoms with E-state index >= 15 is 0 Å². The van der Waals surface area contributed by atoms with Gasteiger partial charge >= 0.3 is 0 Å². The molecule has 0 amide bonds. The van der Waals surface area contributed by atoms with Crippen molar-refractivity contribution < 1.29 is 0 Å². The second kappa shape index (κ2) is 5.71. The van der Waals surface area contributed by atoms with E-state index in [-0.39, 0.29) is 0 Å². The summed E-state index contributed by atoms with van der Waals surface area (Å²) in [6.45, 7) is 3.61. The van der Waals surface area contributed by atoms with Gasteiger partial charge in [0.25, 0.3) is 0 Å². The summed E-state index contributed by atoms with van der Waals surface area (Å²) in [7, 11) is 0. The molecule has 114 valence electrons. The van der Waals surface area contributed by atoms with Crippen LogP contribution < -0.4 is 5.73 Å². The topological polar surface area (TPSA) is 32.5 Å². The van der Waals surface area contributed by atoms with Crippen LogP contribution in [-0.4, -0.2) is 47.1 Å². The number of fused-ring (bicyclic) bond motifs is 2. The lowest BCUT2D eigenvalue weighted by molar-refractivity contribution is 0.0797. The van der Waals surface area contributed by atoms with Crippen molar-refractivity contribution >= 4 is 0 Å². The molecule has 3 unspecified atom stereocenters. The summed E-state index contributed by atoms with van der Waals surface area (Å²) >= 11 is 0. The van der Waals surface area contributed by atoms with Crippen LogP contribution in [0.3, 0.4) is 0 Å². The van der Waals surface area contributed by atoms with Crippen molar-refractivity contribution in [3.05, 3.63) is 35.9 Å². The summed E-state index contributed by atoms with van der Waals surface area (Å²) in [5.74, 6) is 0. The summed E-state index contributed by atoms with van der Waals surface area (Å²) < 4.78 is 0. The van der Waals surface area contributed by atoms with Crippen molar-refractivity contribution in [3.63, 3.8) is 0 Å². The maximum absolute atomic E-state index is 6.21. The monoisotopic (exact) mass is 285 g/mol. The number of rotatable bonds is 3. The third kappa shape index (κ3) is 2.75. The zero-order chi connectivity index (χ0) is 14.2. The van der Waals surface area contributed by atoms with Gasteiger partial charge in [0.2, 0.25) is 0 Å². The van der Waals surface area contributed by atoms with Crippen LogP contribution in [0.4, 0.5) is 0 Å². The normalized spacial score (nSPS) is 37.2. The van der Waals surface area contributed by atoms with Gasteiger partial charge in [-0.1, -0.05) is 30.3 Å². The molecule has 4 rings (SSSR count). The number of hydrogen-bond acceptors (Lipinski definition) is 3. The fourth-order valence-electron chi connectivity index (χ4n) is 4.89. The van der Waals surface area contributed by atoms with Crippen LogP contribution in [0.2, 0.25) is 0 Å². The molecule has 0 aromatic heterocycles. The molecule has 1 aromatic rings. The highest BCUT2D eigenvalue weighted by Crippen LogP contribution is 2.38. The molecule has 3 heteroatoms. The molecule has 0 spiro atoms. The molecule has 2 N–H and O–H groups in total.